The first kappa shape index (κ1) is 15.2. The first-order valence-electron chi connectivity index (χ1n) is 7.29. The normalized spacial score (nSPS) is 20.9. The molecule has 2 heterocycles. The number of carbonyl (C=O) groups excluding carboxylic acids is 1. The molecule has 0 aliphatic carbocycles. The quantitative estimate of drug-likeness (QED) is 0.902. The van der Waals surface area contributed by atoms with Gasteiger partial charge < -0.3 is 14.8 Å². The molecule has 1 aliphatic heterocycles. The molecule has 2 aromatic rings. The Morgan fingerprint density at radius 2 is 2.09 bits per heavy atom. The fourth-order valence-corrected chi connectivity index (χ4v) is 2.58. The van der Waals surface area contributed by atoms with Crippen molar-refractivity contribution in [2.24, 2.45) is 10.9 Å². The van der Waals surface area contributed by atoms with Gasteiger partial charge in [0.05, 0.1) is 11.1 Å². The van der Waals surface area contributed by atoms with E-state index >= 15 is 0 Å². The lowest BCUT2D eigenvalue weighted by atomic mass is 9.89. The predicted octanol–water partition coefficient (Wildman–Crippen LogP) is 2.13. The maximum Gasteiger partial charge on any atom is 0.336 e. The van der Waals surface area contributed by atoms with Crippen molar-refractivity contribution in [2.75, 3.05) is 0 Å². The molecule has 7 nitrogen and oxygen atoms in total. The summed E-state index contributed by atoms with van der Waals surface area (Å²) in [6, 6.07) is 2.99. The van der Waals surface area contributed by atoms with Gasteiger partial charge in [-0.1, -0.05) is 13.8 Å². The number of amidine groups is 1. The molecule has 1 aliphatic rings. The number of fused-ring (bicyclic) bond motifs is 1. The Morgan fingerprint density at radius 3 is 2.65 bits per heavy atom. The predicted molar refractivity (Wildman–Crippen MR) is 83.6 cm³/mol. The fourth-order valence-electron chi connectivity index (χ4n) is 2.58. The van der Waals surface area contributed by atoms with Crippen molar-refractivity contribution < 1.29 is 19.1 Å². The third-order valence-electron chi connectivity index (χ3n) is 4.29. The van der Waals surface area contributed by atoms with E-state index in [1.807, 2.05) is 13.8 Å². The molecule has 1 aromatic carbocycles. The Kier molecular flexibility index (Phi) is 3.24. The highest BCUT2D eigenvalue weighted by molar-refractivity contribution is 6.22. The van der Waals surface area contributed by atoms with Gasteiger partial charge in [-0.3, -0.25) is 9.79 Å². The lowest BCUT2D eigenvalue weighted by Crippen LogP contribution is -2.41. The summed E-state index contributed by atoms with van der Waals surface area (Å²) in [5.41, 5.74) is 0.209. The number of nitrogens with one attached hydrogen (secondary N) is 1. The van der Waals surface area contributed by atoms with E-state index in [0.717, 1.165) is 0 Å². The number of amides is 1. The van der Waals surface area contributed by atoms with E-state index in [9.17, 15) is 14.7 Å². The van der Waals surface area contributed by atoms with Gasteiger partial charge in [0.1, 0.15) is 16.9 Å². The average molecular weight is 315 g/mol. The first-order chi connectivity index (χ1) is 10.7. The van der Waals surface area contributed by atoms with Gasteiger partial charge in [-0.05, 0) is 25.0 Å². The van der Waals surface area contributed by atoms with Crippen LogP contribution in [-0.2, 0) is 4.79 Å². The second-order valence-corrected chi connectivity index (χ2v) is 6.09. The Labute approximate surface area is 132 Å². The highest BCUT2D eigenvalue weighted by Crippen LogP contribution is 2.30. The number of aliphatic imine (C=N–C) groups is 1. The molecule has 0 radical (unpaired) electrons. The van der Waals surface area contributed by atoms with E-state index in [4.69, 9.17) is 4.42 Å². The number of hydrogen-bond donors (Lipinski definition) is 2. The molecule has 1 unspecified atom stereocenters. The minimum atomic E-state index is -1.11. The summed E-state index contributed by atoms with van der Waals surface area (Å²) >= 11 is 0. The molecule has 1 aromatic heterocycles. The zero-order valence-corrected chi connectivity index (χ0v) is 13.3. The van der Waals surface area contributed by atoms with Crippen molar-refractivity contribution in [3.63, 3.8) is 0 Å². The molecule has 120 valence electrons. The van der Waals surface area contributed by atoms with Gasteiger partial charge in [-0.2, -0.15) is 0 Å². The van der Waals surface area contributed by atoms with Crippen LogP contribution in [-0.4, -0.2) is 33.3 Å². The molecule has 0 spiro atoms. The summed E-state index contributed by atoms with van der Waals surface area (Å²) in [6.45, 7) is 7.20. The number of rotatable bonds is 3. The average Bonchev–Trinajstić information content (AvgIpc) is 2.98. The SMILES string of the molecule is Cc1nc2c(C3=NC(C)(C(C)C)C(=O)N3)c(C(=O)O)ccc2o1. The Hall–Kier alpha value is -2.70. The number of carbonyl (C=O) groups is 2. The van der Waals surface area contributed by atoms with Gasteiger partial charge in [0.25, 0.3) is 5.91 Å². The van der Waals surface area contributed by atoms with Crippen molar-refractivity contribution in [2.45, 2.75) is 33.2 Å². The highest BCUT2D eigenvalue weighted by Gasteiger charge is 2.43. The number of carboxylic acid groups (broad SMARTS) is 1. The number of hydrogen-bond acceptors (Lipinski definition) is 5. The van der Waals surface area contributed by atoms with Crippen LogP contribution in [0.15, 0.2) is 21.5 Å². The molecule has 1 atom stereocenters. The minimum Gasteiger partial charge on any atom is -0.478 e. The molecule has 3 rings (SSSR count). The molecular weight excluding hydrogens is 298 g/mol. The number of benzene rings is 1. The monoisotopic (exact) mass is 315 g/mol. The molecule has 23 heavy (non-hydrogen) atoms. The zero-order valence-electron chi connectivity index (χ0n) is 13.3. The largest absolute Gasteiger partial charge is 0.478 e. The Bertz CT molecular complexity index is 866. The fraction of sp³-hybridized carbons (Fsp3) is 0.375. The summed E-state index contributed by atoms with van der Waals surface area (Å²) in [4.78, 5) is 32.6. The second kappa shape index (κ2) is 4.91. The number of oxazole rings is 1. The van der Waals surface area contributed by atoms with Crippen LogP contribution >= 0.6 is 0 Å². The number of carboxylic acids is 1. The van der Waals surface area contributed by atoms with Crippen molar-refractivity contribution in [1.29, 1.82) is 0 Å². The van der Waals surface area contributed by atoms with E-state index in [2.05, 4.69) is 15.3 Å². The van der Waals surface area contributed by atoms with E-state index in [1.54, 1.807) is 19.9 Å². The van der Waals surface area contributed by atoms with E-state index in [0.29, 0.717) is 17.0 Å². The van der Waals surface area contributed by atoms with Gasteiger partial charge >= 0.3 is 5.97 Å². The number of nitrogens with zero attached hydrogens (tertiary/aromatic N) is 2. The van der Waals surface area contributed by atoms with Gasteiger partial charge in [0.2, 0.25) is 0 Å². The van der Waals surface area contributed by atoms with Crippen LogP contribution in [0.25, 0.3) is 11.1 Å². The summed E-state index contributed by atoms with van der Waals surface area (Å²) in [7, 11) is 0. The molecule has 7 heteroatoms. The number of aromatic nitrogens is 1. The smallest absolute Gasteiger partial charge is 0.336 e. The molecular formula is C16H17N3O4. The lowest BCUT2D eigenvalue weighted by Gasteiger charge is -2.21. The highest BCUT2D eigenvalue weighted by atomic mass is 16.4. The van der Waals surface area contributed by atoms with Crippen LogP contribution in [0, 0.1) is 12.8 Å². The van der Waals surface area contributed by atoms with Crippen molar-refractivity contribution in [1.82, 2.24) is 10.3 Å². The van der Waals surface area contributed by atoms with Crippen molar-refractivity contribution in [3.05, 3.63) is 29.2 Å². The maximum atomic E-state index is 12.3. The van der Waals surface area contributed by atoms with E-state index < -0.39 is 11.5 Å². The van der Waals surface area contributed by atoms with Crippen molar-refractivity contribution >= 4 is 28.8 Å². The van der Waals surface area contributed by atoms with Gasteiger partial charge in [0, 0.05) is 6.92 Å². The maximum absolute atomic E-state index is 12.3. The van der Waals surface area contributed by atoms with Crippen LogP contribution in [0.2, 0.25) is 0 Å². The Balaban J connectivity index is 2.29. The minimum absolute atomic E-state index is 0.0258. The van der Waals surface area contributed by atoms with Crippen LogP contribution in [0.1, 0.15) is 42.6 Å². The summed E-state index contributed by atoms with van der Waals surface area (Å²) in [6.07, 6.45) is 0. The summed E-state index contributed by atoms with van der Waals surface area (Å²) in [5, 5.41) is 12.2. The van der Waals surface area contributed by atoms with Crippen LogP contribution in [0.4, 0.5) is 0 Å². The molecule has 0 saturated heterocycles. The zero-order chi connectivity index (χ0) is 16.9. The number of aromatic carboxylic acids is 1. The molecule has 0 bridgehead atoms. The lowest BCUT2D eigenvalue weighted by molar-refractivity contribution is -0.124. The second-order valence-electron chi connectivity index (χ2n) is 6.09. The van der Waals surface area contributed by atoms with Crippen LogP contribution in [0.3, 0.4) is 0 Å². The molecule has 0 saturated carbocycles. The van der Waals surface area contributed by atoms with E-state index in [-0.39, 0.29) is 28.8 Å². The third-order valence-corrected chi connectivity index (χ3v) is 4.29. The van der Waals surface area contributed by atoms with Crippen LogP contribution < -0.4 is 5.32 Å². The van der Waals surface area contributed by atoms with Gasteiger partial charge in [0.15, 0.2) is 11.5 Å². The van der Waals surface area contributed by atoms with Gasteiger partial charge in [-0.25, -0.2) is 9.78 Å². The Morgan fingerprint density at radius 1 is 1.39 bits per heavy atom. The topological polar surface area (TPSA) is 105 Å². The summed E-state index contributed by atoms with van der Waals surface area (Å²) in [5.74, 6) is -0.761. The standard InChI is InChI=1S/C16H17N3O4/c1-7(2)16(4)15(22)18-13(19-16)11-9(14(20)21)5-6-10-12(11)17-8(3)23-10/h5-7H,1-4H3,(H,20,21)(H,18,19,22). The van der Waals surface area contributed by atoms with Gasteiger partial charge in [-0.15, -0.1) is 0 Å². The molecule has 0 fully saturated rings. The summed E-state index contributed by atoms with van der Waals surface area (Å²) < 4.78 is 5.46. The molecule has 2 N–H and O–H groups in total. The number of aryl methyl sites for hydroxylation is 1. The van der Waals surface area contributed by atoms with Crippen molar-refractivity contribution in [3.8, 4) is 0 Å². The van der Waals surface area contributed by atoms with Crippen LogP contribution in [0.5, 0.6) is 0 Å². The van der Waals surface area contributed by atoms with E-state index in [1.165, 1.54) is 6.07 Å². The first-order valence-corrected chi connectivity index (χ1v) is 7.29. The third kappa shape index (κ3) is 2.19. The molecule has 1 amide bonds.